The second kappa shape index (κ2) is 11.9. The van der Waals surface area contributed by atoms with Crippen molar-refractivity contribution in [3.8, 4) is 5.75 Å². The number of halogens is 2. The molecule has 0 aliphatic heterocycles. The van der Waals surface area contributed by atoms with Crippen LogP contribution in [0.1, 0.15) is 18.1 Å². The van der Waals surface area contributed by atoms with E-state index in [9.17, 15) is 22.4 Å². The number of hydrogen-bond acceptors (Lipinski definition) is 6. The molecule has 3 aromatic rings. The van der Waals surface area contributed by atoms with Gasteiger partial charge in [0.1, 0.15) is 12.3 Å². The summed E-state index contributed by atoms with van der Waals surface area (Å²) < 4.78 is 52.5. The maximum atomic E-state index is 14.1. The molecule has 0 spiro atoms. The van der Waals surface area contributed by atoms with Crippen molar-refractivity contribution in [2.75, 3.05) is 25.9 Å². The Bertz CT molecular complexity index is 1390. The standard InChI is InChI=1S/C21H21ClFN3O6S.K.H/c1-24-33(29,30)25-13-6-4-5-12(7-13)8-15-16(11-23)14-9-17(22)19(32-21(28)26(2)3)10-18(14)31-20(15)27;;/h4-7,9-10,24-25H,8,11H2,1-3H3;;/q;+1;-1. The van der Waals surface area contributed by atoms with E-state index in [1.165, 1.54) is 50.3 Å². The number of amides is 1. The fraction of sp³-hybridized carbons (Fsp3) is 0.238. The minimum atomic E-state index is -3.73. The molecular weight excluding hydrogens is 516 g/mol. The van der Waals surface area contributed by atoms with Crippen LogP contribution in [0.15, 0.2) is 45.6 Å². The van der Waals surface area contributed by atoms with Crippen molar-refractivity contribution < 1.29 is 79.6 Å². The van der Waals surface area contributed by atoms with Gasteiger partial charge < -0.3 is 15.5 Å². The van der Waals surface area contributed by atoms with E-state index in [1.807, 2.05) is 0 Å². The summed E-state index contributed by atoms with van der Waals surface area (Å²) in [5.74, 6) is -0.0342. The van der Waals surface area contributed by atoms with Gasteiger partial charge in [0.15, 0.2) is 5.75 Å². The van der Waals surface area contributed by atoms with Gasteiger partial charge in [-0.25, -0.2) is 18.7 Å². The van der Waals surface area contributed by atoms with Gasteiger partial charge in [-0.15, -0.1) is 0 Å². The summed E-state index contributed by atoms with van der Waals surface area (Å²) in [6.45, 7) is -0.976. The zero-order chi connectivity index (χ0) is 24.3. The van der Waals surface area contributed by atoms with Crippen LogP contribution < -0.4 is 71.2 Å². The van der Waals surface area contributed by atoms with E-state index in [0.29, 0.717) is 5.56 Å². The quantitative estimate of drug-likeness (QED) is 0.336. The number of rotatable bonds is 7. The first-order valence-electron chi connectivity index (χ1n) is 9.58. The number of nitrogens with one attached hydrogen (secondary N) is 2. The predicted octanol–water partition coefficient (Wildman–Crippen LogP) is 0.560. The van der Waals surface area contributed by atoms with Crippen LogP contribution in [0.5, 0.6) is 5.75 Å². The number of carbonyl (C=O) groups excluding carboxylic acids is 1. The van der Waals surface area contributed by atoms with Gasteiger partial charge in [-0.3, -0.25) is 4.72 Å². The Balaban J connectivity index is 0.00000306. The average molecular weight is 538 g/mol. The first-order chi connectivity index (χ1) is 15.5. The summed E-state index contributed by atoms with van der Waals surface area (Å²) in [6, 6.07) is 8.96. The minimum absolute atomic E-state index is 0. The van der Waals surface area contributed by atoms with Crippen molar-refractivity contribution in [1.29, 1.82) is 0 Å². The van der Waals surface area contributed by atoms with Crippen molar-refractivity contribution >= 4 is 44.6 Å². The molecule has 2 N–H and O–H groups in total. The van der Waals surface area contributed by atoms with Crippen molar-refractivity contribution in [3.63, 3.8) is 0 Å². The maximum Gasteiger partial charge on any atom is 1.00 e. The normalized spacial score (nSPS) is 11.1. The van der Waals surface area contributed by atoms with Gasteiger partial charge in [0.05, 0.1) is 10.7 Å². The third-order valence-corrected chi connectivity index (χ3v) is 6.03. The SMILES string of the molecule is CNS(=O)(=O)Nc1cccc(Cc2c(CF)c3cc(Cl)c(OC(=O)N(C)C)cc3oc2=O)c1.[H-].[K+]. The number of ether oxygens (including phenoxy) is 1. The number of hydrogen-bond donors (Lipinski definition) is 2. The molecule has 2 aromatic carbocycles. The maximum absolute atomic E-state index is 14.1. The summed E-state index contributed by atoms with van der Waals surface area (Å²) in [4.78, 5) is 25.7. The molecule has 0 atom stereocenters. The monoisotopic (exact) mass is 537 g/mol. The molecule has 34 heavy (non-hydrogen) atoms. The summed E-state index contributed by atoms with van der Waals surface area (Å²) in [5, 5.41) is 0.296. The van der Waals surface area contributed by atoms with Gasteiger partial charge in [0, 0.05) is 50.1 Å². The van der Waals surface area contributed by atoms with Gasteiger partial charge in [-0.1, -0.05) is 23.7 Å². The summed E-state index contributed by atoms with van der Waals surface area (Å²) in [6.07, 6.45) is -0.698. The zero-order valence-electron chi connectivity index (χ0n) is 19.9. The van der Waals surface area contributed by atoms with Crippen LogP contribution in [-0.4, -0.2) is 40.6 Å². The van der Waals surface area contributed by atoms with Crippen LogP contribution in [0.2, 0.25) is 5.02 Å². The second-order valence-corrected chi connectivity index (χ2v) is 9.23. The zero-order valence-corrected chi connectivity index (χ0v) is 23.6. The van der Waals surface area contributed by atoms with E-state index in [1.54, 1.807) is 12.1 Å². The Morgan fingerprint density at radius 3 is 2.56 bits per heavy atom. The third-order valence-electron chi connectivity index (χ3n) is 4.70. The fourth-order valence-electron chi connectivity index (χ4n) is 3.05. The van der Waals surface area contributed by atoms with Crippen molar-refractivity contribution in [1.82, 2.24) is 9.62 Å². The topological polar surface area (TPSA) is 118 Å². The van der Waals surface area contributed by atoms with Gasteiger partial charge in [0.25, 0.3) is 10.2 Å². The molecule has 1 heterocycles. The van der Waals surface area contributed by atoms with Crippen LogP contribution in [0.25, 0.3) is 11.0 Å². The van der Waals surface area contributed by atoms with Crippen LogP contribution in [0.3, 0.4) is 0 Å². The van der Waals surface area contributed by atoms with Crippen molar-refractivity contribution in [3.05, 3.63) is 68.5 Å². The van der Waals surface area contributed by atoms with Gasteiger partial charge in [0.2, 0.25) is 0 Å². The molecule has 9 nitrogen and oxygen atoms in total. The molecule has 0 radical (unpaired) electrons. The largest absolute Gasteiger partial charge is 1.00 e. The Kier molecular flexibility index (Phi) is 10.1. The van der Waals surface area contributed by atoms with Crippen LogP contribution in [0, 0.1) is 0 Å². The van der Waals surface area contributed by atoms with Crippen LogP contribution in [-0.2, 0) is 23.3 Å². The first kappa shape index (κ1) is 28.7. The summed E-state index contributed by atoms with van der Waals surface area (Å²) in [5.41, 5.74) is 0.198. The second-order valence-electron chi connectivity index (χ2n) is 7.21. The van der Waals surface area contributed by atoms with Crippen molar-refractivity contribution in [2.24, 2.45) is 0 Å². The number of nitrogens with zero attached hydrogens (tertiary/aromatic N) is 1. The molecule has 0 saturated heterocycles. The fourth-order valence-corrected chi connectivity index (χ4v) is 3.79. The molecule has 0 unspecified atom stereocenters. The number of fused-ring (bicyclic) bond motifs is 1. The van der Waals surface area contributed by atoms with E-state index < -0.39 is 28.6 Å². The molecule has 13 heteroatoms. The molecule has 1 aromatic heterocycles. The summed E-state index contributed by atoms with van der Waals surface area (Å²) >= 11 is 6.22. The molecule has 0 aliphatic carbocycles. The van der Waals surface area contributed by atoms with Gasteiger partial charge >= 0.3 is 63.1 Å². The number of anilines is 1. The first-order valence-corrected chi connectivity index (χ1v) is 11.4. The number of benzene rings is 2. The van der Waals surface area contributed by atoms with Crippen LogP contribution in [0.4, 0.5) is 14.9 Å². The molecule has 3 rings (SSSR count). The Morgan fingerprint density at radius 2 is 1.94 bits per heavy atom. The Morgan fingerprint density at radius 1 is 1.24 bits per heavy atom. The molecule has 0 bridgehead atoms. The molecule has 0 aliphatic rings. The van der Waals surface area contributed by atoms with E-state index in [2.05, 4.69) is 9.44 Å². The number of alkyl halides is 1. The van der Waals surface area contributed by atoms with Crippen molar-refractivity contribution in [2.45, 2.75) is 13.1 Å². The molecule has 0 saturated carbocycles. The summed E-state index contributed by atoms with van der Waals surface area (Å²) in [7, 11) is 0.512. The van der Waals surface area contributed by atoms with E-state index in [-0.39, 0.29) is 97.8 Å². The molecular formula is C21H22ClFKN3O6S. The predicted molar refractivity (Wildman–Crippen MR) is 124 cm³/mol. The minimum Gasteiger partial charge on any atom is -1.00 e. The average Bonchev–Trinajstić information content (AvgIpc) is 2.75. The van der Waals surface area contributed by atoms with E-state index in [0.717, 1.165) is 0 Å². The number of carbonyl (C=O) groups is 1. The van der Waals surface area contributed by atoms with Gasteiger partial charge in [-0.05, 0) is 23.8 Å². The third kappa shape index (κ3) is 6.79. The van der Waals surface area contributed by atoms with Crippen LogP contribution >= 0.6 is 11.6 Å². The molecule has 178 valence electrons. The Labute approximate surface area is 244 Å². The van der Waals surface area contributed by atoms with Gasteiger partial charge in [-0.2, -0.15) is 8.42 Å². The van der Waals surface area contributed by atoms with E-state index in [4.69, 9.17) is 20.8 Å². The molecule has 0 fully saturated rings. The van der Waals surface area contributed by atoms with E-state index >= 15 is 0 Å². The smallest absolute Gasteiger partial charge is 1.00 e. The Hall–Kier alpha value is -1.51. The molecule has 1 amide bonds.